The summed E-state index contributed by atoms with van der Waals surface area (Å²) >= 11 is 0. The van der Waals surface area contributed by atoms with Gasteiger partial charge in [-0.1, -0.05) is 6.92 Å². The van der Waals surface area contributed by atoms with Gasteiger partial charge in [0.2, 0.25) is 10.0 Å². The van der Waals surface area contributed by atoms with Crippen molar-refractivity contribution in [2.24, 2.45) is 5.92 Å². The Labute approximate surface area is 110 Å². The van der Waals surface area contributed by atoms with Crippen LogP contribution in [-0.4, -0.2) is 44.2 Å². The van der Waals surface area contributed by atoms with Crippen LogP contribution in [0.25, 0.3) is 0 Å². The van der Waals surface area contributed by atoms with E-state index in [0.717, 1.165) is 32.4 Å². The molecule has 0 radical (unpaired) electrons. The van der Waals surface area contributed by atoms with Crippen molar-refractivity contribution in [3.05, 3.63) is 0 Å². The molecule has 1 aliphatic heterocycles. The van der Waals surface area contributed by atoms with Crippen LogP contribution in [-0.2, 0) is 10.0 Å². The maximum Gasteiger partial charge on any atom is 0.230 e. The predicted molar refractivity (Wildman–Crippen MR) is 71.5 cm³/mol. The molecule has 0 amide bonds. The molecule has 0 aromatic heterocycles. The van der Waals surface area contributed by atoms with Crippen LogP contribution in [0.15, 0.2) is 0 Å². The van der Waals surface area contributed by atoms with Crippen molar-refractivity contribution in [2.45, 2.75) is 38.4 Å². The van der Waals surface area contributed by atoms with E-state index in [2.05, 4.69) is 5.32 Å². The molecule has 0 aliphatic carbocycles. The number of nitriles is 1. The molecule has 2 atom stereocenters. The second-order valence-corrected chi connectivity index (χ2v) is 7.14. The van der Waals surface area contributed by atoms with Gasteiger partial charge in [0.05, 0.1) is 6.07 Å². The van der Waals surface area contributed by atoms with Gasteiger partial charge in [0.1, 0.15) is 0 Å². The molecule has 0 spiro atoms. The highest BCUT2D eigenvalue weighted by molar-refractivity contribution is 7.89. The third-order valence-electron chi connectivity index (χ3n) is 3.32. The molecule has 0 saturated carbocycles. The van der Waals surface area contributed by atoms with E-state index in [1.165, 1.54) is 11.2 Å². The highest BCUT2D eigenvalue weighted by Crippen LogP contribution is 2.17. The van der Waals surface area contributed by atoms with Gasteiger partial charge in [-0.05, 0) is 45.2 Å². The van der Waals surface area contributed by atoms with Gasteiger partial charge in [-0.3, -0.25) is 0 Å². The Balaban J connectivity index is 2.72. The Hall–Kier alpha value is -0.640. The lowest BCUT2D eigenvalue weighted by molar-refractivity contribution is 0.291. The van der Waals surface area contributed by atoms with Crippen LogP contribution in [0, 0.1) is 17.2 Å². The van der Waals surface area contributed by atoms with Crippen LogP contribution in [0.2, 0.25) is 0 Å². The van der Waals surface area contributed by atoms with Gasteiger partial charge in [-0.25, -0.2) is 12.7 Å². The molecule has 1 aliphatic rings. The van der Waals surface area contributed by atoms with E-state index in [1.54, 1.807) is 0 Å². The summed E-state index contributed by atoms with van der Waals surface area (Å²) < 4.78 is 25.9. The van der Waals surface area contributed by atoms with Crippen LogP contribution < -0.4 is 5.32 Å². The number of sulfonamides is 1. The van der Waals surface area contributed by atoms with Crippen molar-refractivity contribution in [1.82, 2.24) is 9.62 Å². The molecular formula is C12H23N3O2S. The van der Waals surface area contributed by atoms with E-state index in [4.69, 9.17) is 5.26 Å². The summed E-state index contributed by atoms with van der Waals surface area (Å²) in [5, 5.41) is 11.2. The van der Waals surface area contributed by atoms with E-state index < -0.39 is 15.3 Å². The highest BCUT2D eigenvalue weighted by atomic mass is 32.2. The number of nitrogens with zero attached hydrogens (tertiary/aromatic N) is 2. The number of nitrogens with one attached hydrogen (secondary N) is 1. The molecule has 1 saturated heterocycles. The molecule has 0 bridgehead atoms. The van der Waals surface area contributed by atoms with Crippen LogP contribution in [0.5, 0.6) is 0 Å². The number of rotatable bonds is 6. The number of piperidine rings is 1. The van der Waals surface area contributed by atoms with E-state index in [0.29, 0.717) is 19.0 Å². The second-order valence-electron chi connectivity index (χ2n) is 4.89. The molecule has 104 valence electrons. The van der Waals surface area contributed by atoms with Crippen molar-refractivity contribution >= 4 is 10.0 Å². The van der Waals surface area contributed by atoms with E-state index >= 15 is 0 Å². The van der Waals surface area contributed by atoms with Gasteiger partial charge in [0.15, 0.2) is 5.25 Å². The van der Waals surface area contributed by atoms with Crippen molar-refractivity contribution in [2.75, 3.05) is 26.2 Å². The van der Waals surface area contributed by atoms with Gasteiger partial charge >= 0.3 is 0 Å². The van der Waals surface area contributed by atoms with Gasteiger partial charge < -0.3 is 5.32 Å². The average Bonchev–Trinajstić information content (AvgIpc) is 2.38. The zero-order valence-corrected chi connectivity index (χ0v) is 12.0. The van der Waals surface area contributed by atoms with Gasteiger partial charge in [-0.15, -0.1) is 0 Å². The Bertz CT molecular complexity index is 383. The second kappa shape index (κ2) is 7.07. The minimum Gasteiger partial charge on any atom is -0.316 e. The monoisotopic (exact) mass is 273 g/mol. The maximum absolute atomic E-state index is 12.2. The minimum atomic E-state index is -3.47. The normalized spacial score (nSPS) is 22.7. The molecule has 0 aromatic rings. The minimum absolute atomic E-state index is 0.367. The highest BCUT2D eigenvalue weighted by Gasteiger charge is 2.30. The summed E-state index contributed by atoms with van der Waals surface area (Å²) in [6.07, 6.45) is 2.93. The van der Waals surface area contributed by atoms with E-state index in [-0.39, 0.29) is 0 Å². The van der Waals surface area contributed by atoms with Crippen molar-refractivity contribution in [3.8, 4) is 6.07 Å². The molecule has 18 heavy (non-hydrogen) atoms. The Kier molecular flexibility index (Phi) is 6.06. The summed E-state index contributed by atoms with van der Waals surface area (Å²) in [6, 6.07) is 1.84. The fourth-order valence-electron chi connectivity index (χ4n) is 2.23. The topological polar surface area (TPSA) is 73.2 Å². The third kappa shape index (κ3) is 3.94. The van der Waals surface area contributed by atoms with Crippen LogP contribution in [0.4, 0.5) is 0 Å². The standard InChI is InChI=1S/C12H23N3O2S/c1-3-7-15(18(16,17)11(2)8-13)10-12-5-4-6-14-9-12/h11-12,14H,3-7,9-10H2,1-2H3. The molecule has 0 aromatic carbocycles. The largest absolute Gasteiger partial charge is 0.316 e. The molecule has 1 heterocycles. The Morgan fingerprint density at radius 1 is 1.56 bits per heavy atom. The molecule has 1 fully saturated rings. The van der Waals surface area contributed by atoms with Crippen LogP contribution in [0.3, 0.4) is 0 Å². The number of hydrogen-bond acceptors (Lipinski definition) is 4. The predicted octanol–water partition coefficient (Wildman–Crippen LogP) is 0.940. The van der Waals surface area contributed by atoms with Crippen LogP contribution in [0.1, 0.15) is 33.1 Å². The fourth-order valence-corrected chi connectivity index (χ4v) is 3.67. The van der Waals surface area contributed by atoms with Crippen molar-refractivity contribution in [1.29, 1.82) is 5.26 Å². The smallest absolute Gasteiger partial charge is 0.230 e. The van der Waals surface area contributed by atoms with Gasteiger partial charge in [-0.2, -0.15) is 5.26 Å². The Morgan fingerprint density at radius 2 is 2.28 bits per heavy atom. The molecule has 1 rings (SSSR count). The first-order valence-corrected chi connectivity index (χ1v) is 8.12. The SMILES string of the molecule is CCCN(CC1CCCNC1)S(=O)(=O)C(C)C#N. The maximum atomic E-state index is 12.2. The first-order chi connectivity index (χ1) is 8.52. The van der Waals surface area contributed by atoms with Gasteiger partial charge in [0.25, 0.3) is 0 Å². The molecule has 2 unspecified atom stereocenters. The van der Waals surface area contributed by atoms with Gasteiger partial charge in [0, 0.05) is 13.1 Å². The molecular weight excluding hydrogens is 250 g/mol. The molecule has 1 N–H and O–H groups in total. The first kappa shape index (κ1) is 15.4. The third-order valence-corrected chi connectivity index (χ3v) is 5.37. The summed E-state index contributed by atoms with van der Waals surface area (Å²) in [4.78, 5) is 0. The molecule has 5 nitrogen and oxygen atoms in total. The van der Waals surface area contributed by atoms with E-state index in [9.17, 15) is 8.42 Å². The summed E-state index contributed by atoms with van der Waals surface area (Å²) in [7, 11) is -3.47. The summed E-state index contributed by atoms with van der Waals surface area (Å²) in [5.74, 6) is 0.367. The Morgan fingerprint density at radius 3 is 2.78 bits per heavy atom. The fraction of sp³-hybridized carbons (Fsp3) is 0.917. The molecule has 6 heteroatoms. The number of hydrogen-bond donors (Lipinski definition) is 1. The summed E-state index contributed by atoms with van der Waals surface area (Å²) in [5.41, 5.74) is 0. The van der Waals surface area contributed by atoms with Crippen molar-refractivity contribution in [3.63, 3.8) is 0 Å². The lowest BCUT2D eigenvalue weighted by Crippen LogP contribution is -2.44. The average molecular weight is 273 g/mol. The van der Waals surface area contributed by atoms with E-state index in [1.807, 2.05) is 13.0 Å². The quantitative estimate of drug-likeness (QED) is 0.781. The van der Waals surface area contributed by atoms with Crippen molar-refractivity contribution < 1.29 is 8.42 Å². The lowest BCUT2D eigenvalue weighted by Gasteiger charge is -2.30. The zero-order valence-electron chi connectivity index (χ0n) is 11.2. The van der Waals surface area contributed by atoms with Crippen LogP contribution >= 0.6 is 0 Å². The summed E-state index contributed by atoms with van der Waals surface area (Å²) in [6.45, 7) is 6.35. The lowest BCUT2D eigenvalue weighted by atomic mass is 10.00. The zero-order chi connectivity index (χ0) is 13.6. The first-order valence-electron chi connectivity index (χ1n) is 6.61.